The molecule has 0 bridgehead atoms. The first-order valence-electron chi connectivity index (χ1n) is 10.0. The molecule has 0 spiro atoms. The molecule has 2 aromatic carbocycles. The quantitative estimate of drug-likeness (QED) is 0.816. The highest BCUT2D eigenvalue weighted by molar-refractivity contribution is 5.95. The van der Waals surface area contributed by atoms with Crippen molar-refractivity contribution >= 4 is 11.8 Å². The van der Waals surface area contributed by atoms with Crippen LogP contribution in [0.1, 0.15) is 34.7 Å². The summed E-state index contributed by atoms with van der Waals surface area (Å²) in [7, 11) is 1.61. The molecule has 1 heterocycles. The van der Waals surface area contributed by atoms with Crippen molar-refractivity contribution in [1.29, 1.82) is 0 Å². The molecule has 6 heteroatoms. The molecule has 1 aliphatic heterocycles. The summed E-state index contributed by atoms with van der Waals surface area (Å²) in [6, 6.07) is 13.2. The Hall–Kier alpha value is -2.89. The number of hydrogen-bond acceptors (Lipinski definition) is 3. The van der Waals surface area contributed by atoms with Crippen LogP contribution < -0.4 is 10.1 Å². The van der Waals surface area contributed by atoms with Crippen LogP contribution in [0.4, 0.5) is 4.39 Å². The largest absolute Gasteiger partial charge is 0.496 e. The summed E-state index contributed by atoms with van der Waals surface area (Å²) in [4.78, 5) is 27.6. The van der Waals surface area contributed by atoms with E-state index in [1.807, 2.05) is 24.3 Å². The van der Waals surface area contributed by atoms with Crippen LogP contribution in [0.2, 0.25) is 0 Å². The van der Waals surface area contributed by atoms with Crippen LogP contribution in [0.5, 0.6) is 5.75 Å². The molecule has 2 aliphatic rings. The van der Waals surface area contributed by atoms with E-state index in [0.717, 1.165) is 18.4 Å². The highest BCUT2D eigenvalue weighted by Gasteiger charge is 2.42. The zero-order valence-electron chi connectivity index (χ0n) is 16.4. The predicted octanol–water partition coefficient (Wildman–Crippen LogP) is 3.22. The average Bonchev–Trinajstić information content (AvgIpc) is 3.48. The zero-order valence-corrected chi connectivity index (χ0v) is 16.4. The summed E-state index contributed by atoms with van der Waals surface area (Å²) in [5.74, 6) is 0.191. The molecule has 1 N–H and O–H groups in total. The van der Waals surface area contributed by atoms with Crippen LogP contribution in [0.25, 0.3) is 0 Å². The fourth-order valence-electron chi connectivity index (χ4n) is 4.00. The van der Waals surface area contributed by atoms with E-state index >= 15 is 0 Å². The van der Waals surface area contributed by atoms with Crippen LogP contribution in [-0.4, -0.2) is 43.5 Å². The smallest absolute Gasteiger partial charge is 0.253 e. The van der Waals surface area contributed by atoms with E-state index in [4.69, 9.17) is 4.74 Å². The summed E-state index contributed by atoms with van der Waals surface area (Å²) in [6.45, 7) is 1.44. The van der Waals surface area contributed by atoms with Crippen LogP contribution in [-0.2, 0) is 4.79 Å². The number of hydrogen-bond donors (Lipinski definition) is 1. The lowest BCUT2D eigenvalue weighted by Crippen LogP contribution is -2.36. The standard InChI is InChI=1S/C23H25FN2O3/c1-29-21-5-3-2-4-18(21)19-13-26(23(28)16-8-10-17(24)11-9-16)14-20(19)22(27)25-12-15-6-7-15/h2-5,8-11,15,19-20H,6-7,12-14H2,1H3,(H,25,27)/t19-,20+/m1/s1. The Labute approximate surface area is 169 Å². The van der Waals surface area contributed by atoms with Crippen molar-refractivity contribution in [3.8, 4) is 5.75 Å². The highest BCUT2D eigenvalue weighted by Crippen LogP contribution is 2.38. The second-order valence-electron chi connectivity index (χ2n) is 7.86. The van der Waals surface area contributed by atoms with Crippen molar-refractivity contribution in [3.63, 3.8) is 0 Å². The van der Waals surface area contributed by atoms with Gasteiger partial charge in [0.15, 0.2) is 0 Å². The number of likely N-dealkylation sites (tertiary alicyclic amines) is 1. The van der Waals surface area contributed by atoms with Gasteiger partial charge in [-0.05, 0) is 54.7 Å². The third-order valence-electron chi connectivity index (χ3n) is 5.84. The van der Waals surface area contributed by atoms with Crippen LogP contribution in [0.3, 0.4) is 0 Å². The van der Waals surface area contributed by atoms with Gasteiger partial charge < -0.3 is 15.0 Å². The van der Waals surface area contributed by atoms with Crippen LogP contribution >= 0.6 is 0 Å². The van der Waals surface area contributed by atoms with Crippen molar-refractivity contribution in [1.82, 2.24) is 10.2 Å². The fraction of sp³-hybridized carbons (Fsp3) is 0.391. The van der Waals surface area contributed by atoms with Gasteiger partial charge >= 0.3 is 0 Å². The van der Waals surface area contributed by atoms with Crippen molar-refractivity contribution in [3.05, 3.63) is 65.5 Å². The Morgan fingerprint density at radius 3 is 2.52 bits per heavy atom. The Bertz CT molecular complexity index is 895. The number of amides is 2. The lowest BCUT2D eigenvalue weighted by atomic mass is 9.87. The molecule has 2 atom stereocenters. The Morgan fingerprint density at radius 2 is 1.83 bits per heavy atom. The maximum absolute atomic E-state index is 13.2. The molecule has 1 saturated carbocycles. The number of halogens is 1. The van der Waals surface area contributed by atoms with Gasteiger partial charge in [0.05, 0.1) is 13.0 Å². The summed E-state index contributed by atoms with van der Waals surface area (Å²) in [6.07, 6.45) is 2.33. The van der Waals surface area contributed by atoms with Gasteiger partial charge in [0.2, 0.25) is 5.91 Å². The summed E-state index contributed by atoms with van der Waals surface area (Å²) < 4.78 is 18.7. The van der Waals surface area contributed by atoms with E-state index in [1.54, 1.807) is 12.0 Å². The molecule has 2 aromatic rings. The number of carbonyl (C=O) groups excluding carboxylic acids is 2. The van der Waals surface area contributed by atoms with Crippen molar-refractivity contribution < 1.29 is 18.7 Å². The monoisotopic (exact) mass is 396 g/mol. The molecule has 4 rings (SSSR count). The second-order valence-corrected chi connectivity index (χ2v) is 7.86. The minimum Gasteiger partial charge on any atom is -0.496 e. The number of methoxy groups -OCH3 is 1. The molecule has 1 aliphatic carbocycles. The van der Waals surface area contributed by atoms with Gasteiger partial charge in [0.25, 0.3) is 5.91 Å². The second kappa shape index (κ2) is 8.23. The van der Waals surface area contributed by atoms with Crippen molar-refractivity contribution in [2.24, 2.45) is 11.8 Å². The molecule has 1 saturated heterocycles. The van der Waals surface area contributed by atoms with Crippen molar-refractivity contribution in [2.75, 3.05) is 26.7 Å². The highest BCUT2D eigenvalue weighted by atomic mass is 19.1. The minimum absolute atomic E-state index is 0.0257. The molecule has 2 amide bonds. The molecular formula is C23H25FN2O3. The van der Waals surface area contributed by atoms with E-state index in [-0.39, 0.29) is 29.5 Å². The van der Waals surface area contributed by atoms with Gasteiger partial charge in [-0.1, -0.05) is 18.2 Å². The molecule has 0 aromatic heterocycles. The molecule has 2 fully saturated rings. The first-order chi connectivity index (χ1) is 14.1. The number of ether oxygens (including phenoxy) is 1. The summed E-state index contributed by atoms with van der Waals surface area (Å²) in [5, 5.41) is 3.06. The number of rotatable bonds is 6. The molecule has 29 heavy (non-hydrogen) atoms. The number of carbonyl (C=O) groups is 2. The molecule has 5 nitrogen and oxygen atoms in total. The van der Waals surface area contributed by atoms with Crippen LogP contribution in [0.15, 0.2) is 48.5 Å². The zero-order chi connectivity index (χ0) is 20.4. The number of benzene rings is 2. The lowest BCUT2D eigenvalue weighted by Gasteiger charge is -2.20. The van der Waals surface area contributed by atoms with Gasteiger partial charge in [-0.15, -0.1) is 0 Å². The van der Waals surface area contributed by atoms with Gasteiger partial charge in [-0.2, -0.15) is 0 Å². The topological polar surface area (TPSA) is 58.6 Å². The van der Waals surface area contributed by atoms with E-state index in [2.05, 4.69) is 5.32 Å². The predicted molar refractivity (Wildman–Crippen MR) is 107 cm³/mol. The van der Waals surface area contributed by atoms with E-state index in [1.165, 1.54) is 24.3 Å². The fourth-order valence-corrected chi connectivity index (χ4v) is 4.00. The maximum atomic E-state index is 13.2. The van der Waals surface area contributed by atoms with E-state index < -0.39 is 0 Å². The first-order valence-corrected chi connectivity index (χ1v) is 10.0. The Balaban J connectivity index is 1.58. The number of nitrogens with one attached hydrogen (secondary N) is 1. The third-order valence-corrected chi connectivity index (χ3v) is 5.84. The normalized spacial score (nSPS) is 21.1. The maximum Gasteiger partial charge on any atom is 0.253 e. The van der Waals surface area contributed by atoms with Gasteiger partial charge in [0.1, 0.15) is 11.6 Å². The Morgan fingerprint density at radius 1 is 1.10 bits per heavy atom. The van der Waals surface area contributed by atoms with Crippen LogP contribution in [0, 0.1) is 17.7 Å². The van der Waals surface area contributed by atoms with Gasteiger partial charge in [-0.3, -0.25) is 9.59 Å². The van der Waals surface area contributed by atoms with E-state index in [0.29, 0.717) is 36.9 Å². The molecule has 152 valence electrons. The number of nitrogens with zero attached hydrogens (tertiary/aromatic N) is 1. The van der Waals surface area contributed by atoms with Crippen molar-refractivity contribution in [2.45, 2.75) is 18.8 Å². The van der Waals surface area contributed by atoms with Gasteiger partial charge in [-0.25, -0.2) is 4.39 Å². The SMILES string of the molecule is COc1ccccc1[C@H]1CN(C(=O)c2ccc(F)cc2)C[C@@H]1C(=O)NCC1CC1. The third kappa shape index (κ3) is 4.26. The molecule has 0 radical (unpaired) electrons. The molecular weight excluding hydrogens is 371 g/mol. The summed E-state index contributed by atoms with van der Waals surface area (Å²) in [5.41, 5.74) is 1.35. The molecule has 0 unspecified atom stereocenters. The first kappa shape index (κ1) is 19.4. The van der Waals surface area contributed by atoms with Gasteiger partial charge in [0, 0.05) is 31.1 Å². The average molecular weight is 396 g/mol. The number of para-hydroxylation sites is 1. The summed E-state index contributed by atoms with van der Waals surface area (Å²) >= 11 is 0. The van der Waals surface area contributed by atoms with E-state index in [9.17, 15) is 14.0 Å². The lowest BCUT2D eigenvalue weighted by molar-refractivity contribution is -0.125. The minimum atomic E-state index is -0.382. The Kier molecular flexibility index (Phi) is 5.51.